The maximum absolute atomic E-state index is 13.5. The molecular weight excluding hydrogens is 394 g/mol. The maximum atomic E-state index is 13.5. The summed E-state index contributed by atoms with van der Waals surface area (Å²) < 4.78 is 0. The first-order chi connectivity index (χ1) is 14.2. The van der Waals surface area contributed by atoms with Crippen LogP contribution in [0, 0.1) is 0 Å². The molecule has 1 aliphatic heterocycles. The lowest BCUT2D eigenvalue weighted by atomic mass is 9.90. The summed E-state index contributed by atoms with van der Waals surface area (Å²) in [6.07, 6.45) is 0. The molecule has 1 saturated heterocycles. The molecule has 1 amide bonds. The maximum Gasteiger partial charge on any atom is 0.236 e. The Bertz CT molecular complexity index is 901. The fraction of sp³-hybridized carbons (Fsp3) is 0.240. The average Bonchev–Trinajstić information content (AvgIpc) is 2.76. The van der Waals surface area contributed by atoms with Crippen molar-refractivity contribution in [3.8, 4) is 0 Å². The third kappa shape index (κ3) is 5.02. The van der Waals surface area contributed by atoms with Gasteiger partial charge in [-0.25, -0.2) is 0 Å². The topological polar surface area (TPSA) is 35.6 Å². The largest absolute Gasteiger partial charge is 0.367 e. The van der Waals surface area contributed by atoms with Crippen LogP contribution in [0.25, 0.3) is 0 Å². The zero-order chi connectivity index (χ0) is 20.1. The van der Waals surface area contributed by atoms with E-state index in [0.29, 0.717) is 0 Å². The molecule has 1 N–H and O–H groups in total. The van der Waals surface area contributed by atoms with Crippen molar-refractivity contribution < 1.29 is 4.79 Å². The molecular formula is C25H28ClN3O. The summed E-state index contributed by atoms with van der Waals surface area (Å²) in [5.41, 5.74) is 3.95. The van der Waals surface area contributed by atoms with Gasteiger partial charge in [-0.2, -0.15) is 0 Å². The van der Waals surface area contributed by atoms with E-state index in [0.717, 1.165) is 48.7 Å². The lowest BCUT2D eigenvalue weighted by molar-refractivity contribution is -0.116. The predicted molar refractivity (Wildman–Crippen MR) is 127 cm³/mol. The summed E-state index contributed by atoms with van der Waals surface area (Å²) in [5.74, 6) is -0.359. The number of nitrogens with one attached hydrogen (secondary N) is 1. The predicted octanol–water partition coefficient (Wildman–Crippen LogP) is 4.63. The summed E-state index contributed by atoms with van der Waals surface area (Å²) in [4.78, 5) is 18.2. The highest BCUT2D eigenvalue weighted by Gasteiger charge is 2.24. The van der Waals surface area contributed by atoms with Crippen LogP contribution in [0.15, 0.2) is 84.9 Å². The standard InChI is InChI=1S/C25H27N3O.ClH/c1-27-16-18-28(19-17-27)23-15-9-8-14-22(23)26-25(29)24(20-10-4-2-5-11-20)21-12-6-3-7-13-21;/h2-15,24H,16-19H2,1H3,(H,26,29);1H. The highest BCUT2D eigenvalue weighted by atomic mass is 35.5. The summed E-state index contributed by atoms with van der Waals surface area (Å²) in [6.45, 7) is 3.98. The van der Waals surface area contributed by atoms with Crippen LogP contribution in [0.1, 0.15) is 17.0 Å². The molecule has 0 saturated carbocycles. The number of carbonyl (C=O) groups is 1. The minimum Gasteiger partial charge on any atom is -0.367 e. The fourth-order valence-corrected chi connectivity index (χ4v) is 3.89. The van der Waals surface area contributed by atoms with Crippen LogP contribution in [0.4, 0.5) is 11.4 Å². The second-order valence-electron chi connectivity index (χ2n) is 7.55. The number of benzene rings is 3. The highest BCUT2D eigenvalue weighted by Crippen LogP contribution is 2.30. The normalized spacial score (nSPS) is 14.3. The Balaban J connectivity index is 0.00000256. The van der Waals surface area contributed by atoms with Crippen LogP contribution < -0.4 is 10.2 Å². The molecule has 1 fully saturated rings. The second kappa shape index (κ2) is 10.3. The number of halogens is 1. The van der Waals surface area contributed by atoms with E-state index in [1.807, 2.05) is 78.9 Å². The molecule has 0 aliphatic carbocycles. The van der Waals surface area contributed by atoms with E-state index in [1.54, 1.807) is 0 Å². The molecule has 30 heavy (non-hydrogen) atoms. The Labute approximate surface area is 184 Å². The van der Waals surface area contributed by atoms with E-state index < -0.39 is 0 Å². The van der Waals surface area contributed by atoms with Crippen molar-refractivity contribution in [2.75, 3.05) is 43.4 Å². The van der Waals surface area contributed by atoms with E-state index >= 15 is 0 Å². The lowest BCUT2D eigenvalue weighted by Crippen LogP contribution is -2.44. The number of piperazine rings is 1. The fourth-order valence-electron chi connectivity index (χ4n) is 3.89. The Morgan fingerprint density at radius 1 is 0.767 bits per heavy atom. The van der Waals surface area contributed by atoms with Crippen molar-refractivity contribution >= 4 is 29.7 Å². The molecule has 156 valence electrons. The monoisotopic (exact) mass is 421 g/mol. The Kier molecular flexibility index (Phi) is 7.50. The molecule has 1 aliphatic rings. The molecule has 1 heterocycles. The average molecular weight is 422 g/mol. The van der Waals surface area contributed by atoms with Gasteiger partial charge < -0.3 is 15.1 Å². The van der Waals surface area contributed by atoms with Gasteiger partial charge in [0.1, 0.15) is 0 Å². The minimum absolute atomic E-state index is 0. The summed E-state index contributed by atoms with van der Waals surface area (Å²) in [7, 11) is 2.15. The molecule has 0 unspecified atom stereocenters. The Hall–Kier alpha value is -2.82. The number of para-hydroxylation sites is 2. The number of hydrogen-bond acceptors (Lipinski definition) is 3. The lowest BCUT2D eigenvalue weighted by Gasteiger charge is -2.35. The number of carbonyl (C=O) groups excluding carboxylic acids is 1. The summed E-state index contributed by atoms with van der Waals surface area (Å²) in [6, 6.07) is 28.1. The van der Waals surface area contributed by atoms with Gasteiger partial charge in [0.05, 0.1) is 17.3 Å². The van der Waals surface area contributed by atoms with Crippen LogP contribution in [-0.4, -0.2) is 44.0 Å². The number of amides is 1. The SMILES string of the molecule is CN1CCN(c2ccccc2NC(=O)C(c2ccccc2)c2ccccc2)CC1.Cl. The van der Waals surface area contributed by atoms with Gasteiger partial charge in [-0.05, 0) is 30.3 Å². The summed E-state index contributed by atoms with van der Waals surface area (Å²) >= 11 is 0. The van der Waals surface area contributed by atoms with Gasteiger partial charge in [0, 0.05) is 26.2 Å². The first-order valence-electron chi connectivity index (χ1n) is 10.2. The van der Waals surface area contributed by atoms with Gasteiger partial charge in [-0.15, -0.1) is 12.4 Å². The number of rotatable bonds is 5. The highest BCUT2D eigenvalue weighted by molar-refractivity contribution is 6.00. The quantitative estimate of drug-likeness (QED) is 0.652. The number of hydrogen-bond donors (Lipinski definition) is 1. The van der Waals surface area contributed by atoms with Crippen LogP contribution in [-0.2, 0) is 4.79 Å². The van der Waals surface area contributed by atoms with Crippen molar-refractivity contribution in [3.63, 3.8) is 0 Å². The second-order valence-corrected chi connectivity index (χ2v) is 7.55. The van der Waals surface area contributed by atoms with E-state index in [2.05, 4.69) is 28.2 Å². The molecule has 0 bridgehead atoms. The van der Waals surface area contributed by atoms with E-state index in [4.69, 9.17) is 0 Å². The van der Waals surface area contributed by atoms with Crippen molar-refractivity contribution in [2.45, 2.75) is 5.92 Å². The minimum atomic E-state index is -0.349. The van der Waals surface area contributed by atoms with E-state index in [1.165, 1.54) is 0 Å². The van der Waals surface area contributed by atoms with Gasteiger partial charge in [-0.1, -0.05) is 72.8 Å². The van der Waals surface area contributed by atoms with Crippen LogP contribution in [0.3, 0.4) is 0 Å². The first-order valence-corrected chi connectivity index (χ1v) is 10.2. The van der Waals surface area contributed by atoms with E-state index in [-0.39, 0.29) is 24.2 Å². The van der Waals surface area contributed by atoms with E-state index in [9.17, 15) is 4.79 Å². The van der Waals surface area contributed by atoms with Crippen LogP contribution in [0.2, 0.25) is 0 Å². The van der Waals surface area contributed by atoms with Crippen molar-refractivity contribution in [2.24, 2.45) is 0 Å². The molecule has 5 heteroatoms. The molecule has 0 aromatic heterocycles. The van der Waals surface area contributed by atoms with Crippen LogP contribution >= 0.6 is 12.4 Å². The van der Waals surface area contributed by atoms with Crippen molar-refractivity contribution in [1.29, 1.82) is 0 Å². The smallest absolute Gasteiger partial charge is 0.236 e. The Morgan fingerprint density at radius 2 is 1.27 bits per heavy atom. The molecule has 3 aromatic carbocycles. The molecule has 0 radical (unpaired) electrons. The van der Waals surface area contributed by atoms with Gasteiger partial charge in [0.15, 0.2) is 0 Å². The third-order valence-electron chi connectivity index (χ3n) is 5.53. The molecule has 4 rings (SSSR count). The molecule has 4 nitrogen and oxygen atoms in total. The molecule has 3 aromatic rings. The van der Waals surface area contributed by atoms with Crippen molar-refractivity contribution in [1.82, 2.24) is 4.90 Å². The number of likely N-dealkylation sites (N-methyl/N-ethyl adjacent to an activating group) is 1. The molecule has 0 spiro atoms. The zero-order valence-corrected chi connectivity index (χ0v) is 18.0. The number of nitrogens with zero attached hydrogens (tertiary/aromatic N) is 2. The first kappa shape index (κ1) is 21.9. The van der Waals surface area contributed by atoms with Gasteiger partial charge in [0.2, 0.25) is 5.91 Å². The summed E-state index contributed by atoms with van der Waals surface area (Å²) in [5, 5.41) is 3.22. The zero-order valence-electron chi connectivity index (χ0n) is 17.2. The molecule has 0 atom stereocenters. The third-order valence-corrected chi connectivity index (χ3v) is 5.53. The Morgan fingerprint density at radius 3 is 1.83 bits per heavy atom. The van der Waals surface area contributed by atoms with Gasteiger partial charge in [-0.3, -0.25) is 4.79 Å². The van der Waals surface area contributed by atoms with Gasteiger partial charge >= 0.3 is 0 Å². The van der Waals surface area contributed by atoms with Crippen molar-refractivity contribution in [3.05, 3.63) is 96.1 Å². The van der Waals surface area contributed by atoms with Crippen LogP contribution in [0.5, 0.6) is 0 Å². The number of anilines is 2. The van der Waals surface area contributed by atoms with Gasteiger partial charge in [0.25, 0.3) is 0 Å².